The number of rotatable bonds is 14. The first kappa shape index (κ1) is 24.9. The van der Waals surface area contributed by atoms with E-state index in [-0.39, 0.29) is 24.6 Å². The van der Waals surface area contributed by atoms with Crippen LogP contribution in [0.5, 0.6) is 0 Å². The van der Waals surface area contributed by atoms with E-state index in [1.165, 1.54) is 0 Å². The van der Waals surface area contributed by atoms with Crippen molar-refractivity contribution in [1.29, 1.82) is 0 Å². The second kappa shape index (κ2) is 11.9. The number of aromatic nitrogens is 1. The summed E-state index contributed by atoms with van der Waals surface area (Å²) in [5.41, 5.74) is -0.826. The van der Waals surface area contributed by atoms with Crippen LogP contribution in [-0.4, -0.2) is 39.1 Å². The average molecular weight is 437 g/mol. The van der Waals surface area contributed by atoms with E-state index in [4.69, 9.17) is 4.42 Å². The second-order valence-corrected chi connectivity index (χ2v) is 8.76. The van der Waals surface area contributed by atoms with Gasteiger partial charge in [-0.1, -0.05) is 46.0 Å². The predicted octanol–water partition coefficient (Wildman–Crippen LogP) is 3.97. The molecule has 0 aliphatic heterocycles. The highest BCUT2D eigenvalue weighted by molar-refractivity contribution is 5.88. The van der Waals surface area contributed by atoms with E-state index in [9.17, 15) is 24.6 Å². The van der Waals surface area contributed by atoms with Crippen LogP contribution in [0, 0.1) is 11.3 Å². The maximum Gasteiger partial charge on any atom is 0.326 e. The summed E-state index contributed by atoms with van der Waals surface area (Å²) in [6.07, 6.45) is 9.80. The van der Waals surface area contributed by atoms with Gasteiger partial charge in [0.1, 0.15) is 11.8 Å². The Morgan fingerprint density at radius 1 is 1.13 bits per heavy atom. The van der Waals surface area contributed by atoms with E-state index in [0.717, 1.165) is 50.7 Å². The fourth-order valence-electron chi connectivity index (χ4n) is 4.50. The van der Waals surface area contributed by atoms with Gasteiger partial charge in [-0.05, 0) is 32.1 Å². The highest BCUT2D eigenvalue weighted by Crippen LogP contribution is 2.44. The smallest absolute Gasteiger partial charge is 0.326 e. The third-order valence-corrected chi connectivity index (χ3v) is 6.28. The van der Waals surface area contributed by atoms with Crippen molar-refractivity contribution in [3.63, 3.8) is 0 Å². The number of aliphatic carboxylic acids is 2. The van der Waals surface area contributed by atoms with Crippen LogP contribution in [0.15, 0.2) is 10.6 Å². The van der Waals surface area contributed by atoms with Crippen LogP contribution in [0.4, 0.5) is 0 Å². The molecule has 1 aliphatic carbocycles. The predicted molar refractivity (Wildman–Crippen MR) is 115 cm³/mol. The highest BCUT2D eigenvalue weighted by Gasteiger charge is 2.45. The first-order chi connectivity index (χ1) is 14.8. The number of carboxylic acids is 2. The number of aryl methyl sites for hydroxylation is 1. The number of hydrogen-bond acceptors (Lipinski definition) is 5. The topological polar surface area (TPSA) is 130 Å². The van der Waals surface area contributed by atoms with Crippen molar-refractivity contribution >= 4 is 17.8 Å². The van der Waals surface area contributed by atoms with Crippen molar-refractivity contribution in [2.24, 2.45) is 11.3 Å². The molecule has 2 rings (SSSR count). The van der Waals surface area contributed by atoms with Gasteiger partial charge in [-0.2, -0.15) is 0 Å². The van der Waals surface area contributed by atoms with Crippen molar-refractivity contribution in [3.8, 4) is 0 Å². The Hall–Kier alpha value is -2.38. The van der Waals surface area contributed by atoms with Gasteiger partial charge < -0.3 is 19.9 Å². The number of oxazole rings is 1. The Bertz CT molecular complexity index is 738. The summed E-state index contributed by atoms with van der Waals surface area (Å²) in [6, 6.07) is -1.17. The molecule has 31 heavy (non-hydrogen) atoms. The van der Waals surface area contributed by atoms with E-state index in [0.29, 0.717) is 19.3 Å². The Morgan fingerprint density at radius 3 is 2.42 bits per heavy atom. The number of hydrogen-bond donors (Lipinski definition) is 3. The third-order valence-electron chi connectivity index (χ3n) is 6.28. The molecule has 0 aromatic carbocycles. The van der Waals surface area contributed by atoms with Gasteiger partial charge in [-0.15, -0.1) is 0 Å². The first-order valence-corrected chi connectivity index (χ1v) is 11.5. The molecule has 0 bridgehead atoms. The zero-order chi connectivity index (χ0) is 22.9. The summed E-state index contributed by atoms with van der Waals surface area (Å²) in [5, 5.41) is 21.9. The summed E-state index contributed by atoms with van der Waals surface area (Å²) in [4.78, 5) is 40.9. The largest absolute Gasteiger partial charge is 0.481 e. The molecule has 0 radical (unpaired) electrons. The Balaban J connectivity index is 2.07. The molecule has 2 atom stereocenters. The van der Waals surface area contributed by atoms with E-state index in [1.54, 1.807) is 6.20 Å². The number of carboxylic acid groups (broad SMARTS) is 2. The van der Waals surface area contributed by atoms with Crippen LogP contribution in [-0.2, 0) is 27.2 Å². The van der Waals surface area contributed by atoms with Crippen molar-refractivity contribution in [1.82, 2.24) is 10.3 Å². The molecule has 1 aromatic heterocycles. The molecular formula is C23H36N2O6. The number of unbranched alkanes of at least 4 members (excludes halogenated alkanes) is 2. The van der Waals surface area contributed by atoms with Gasteiger partial charge in [-0.3, -0.25) is 9.59 Å². The minimum Gasteiger partial charge on any atom is -0.481 e. The molecule has 1 fully saturated rings. The van der Waals surface area contributed by atoms with Crippen LogP contribution in [0.3, 0.4) is 0 Å². The molecule has 1 aliphatic rings. The zero-order valence-corrected chi connectivity index (χ0v) is 18.7. The van der Waals surface area contributed by atoms with E-state index in [2.05, 4.69) is 17.2 Å². The quantitative estimate of drug-likeness (QED) is 0.376. The van der Waals surface area contributed by atoms with Gasteiger partial charge in [0.25, 0.3) is 0 Å². The summed E-state index contributed by atoms with van der Waals surface area (Å²) < 4.78 is 5.67. The van der Waals surface area contributed by atoms with Gasteiger partial charge in [0.15, 0.2) is 5.89 Å². The Kier molecular flexibility index (Phi) is 9.52. The molecule has 8 nitrogen and oxygen atoms in total. The monoisotopic (exact) mass is 436 g/mol. The average Bonchev–Trinajstić information content (AvgIpc) is 3.37. The molecule has 0 spiro atoms. The molecule has 1 aromatic rings. The molecule has 3 N–H and O–H groups in total. The van der Waals surface area contributed by atoms with Crippen molar-refractivity contribution < 1.29 is 29.0 Å². The number of carbonyl (C=O) groups excluding carboxylic acids is 1. The van der Waals surface area contributed by atoms with Crippen LogP contribution in [0.25, 0.3) is 0 Å². The lowest BCUT2D eigenvalue weighted by molar-refractivity contribution is -0.147. The van der Waals surface area contributed by atoms with Gasteiger partial charge >= 0.3 is 11.9 Å². The normalized spacial score (nSPS) is 17.2. The maximum atomic E-state index is 13.2. The van der Waals surface area contributed by atoms with Gasteiger partial charge in [0.2, 0.25) is 5.91 Å². The third kappa shape index (κ3) is 7.08. The van der Waals surface area contributed by atoms with E-state index >= 15 is 0 Å². The number of amides is 1. The molecular weight excluding hydrogens is 400 g/mol. The minimum absolute atomic E-state index is 0.0394. The van der Waals surface area contributed by atoms with Crippen LogP contribution >= 0.6 is 0 Å². The lowest BCUT2D eigenvalue weighted by Gasteiger charge is -2.31. The van der Waals surface area contributed by atoms with Crippen molar-refractivity contribution in [2.75, 3.05) is 0 Å². The van der Waals surface area contributed by atoms with Gasteiger partial charge in [0, 0.05) is 6.42 Å². The fourth-order valence-corrected chi connectivity index (χ4v) is 4.50. The van der Waals surface area contributed by atoms with Crippen LogP contribution in [0.1, 0.15) is 89.7 Å². The Labute approximate surface area is 183 Å². The van der Waals surface area contributed by atoms with Crippen LogP contribution < -0.4 is 5.32 Å². The summed E-state index contributed by atoms with van der Waals surface area (Å²) >= 11 is 0. The maximum absolute atomic E-state index is 13.2. The van der Waals surface area contributed by atoms with Crippen LogP contribution in [0.2, 0.25) is 0 Å². The molecule has 1 saturated carbocycles. The standard InChI is InChI=1S/C23H36N2O6/c1-3-5-6-10-17-15-24-19(31-17)13-18(21(28)29)25-22(30)23(11-7-8-12-23)14-16(9-4-2)20(26)27/h15-16,18H,3-14H2,1-2H3,(H,25,30)(H,26,27)(H,28,29)/t16-,18+/m1/s1. The molecule has 0 unspecified atom stereocenters. The minimum atomic E-state index is -1.17. The lowest BCUT2D eigenvalue weighted by Crippen LogP contribution is -2.49. The lowest BCUT2D eigenvalue weighted by atomic mass is 9.75. The van der Waals surface area contributed by atoms with Gasteiger partial charge in [0.05, 0.1) is 24.0 Å². The zero-order valence-electron chi connectivity index (χ0n) is 18.7. The molecule has 174 valence electrons. The summed E-state index contributed by atoms with van der Waals surface area (Å²) in [5.74, 6) is -2.02. The first-order valence-electron chi connectivity index (χ1n) is 11.5. The van der Waals surface area contributed by atoms with E-state index in [1.807, 2.05) is 6.92 Å². The number of carbonyl (C=O) groups is 3. The van der Waals surface area contributed by atoms with Crippen molar-refractivity contribution in [2.45, 2.75) is 96.9 Å². The summed E-state index contributed by atoms with van der Waals surface area (Å²) in [6.45, 7) is 4.04. The summed E-state index contributed by atoms with van der Waals surface area (Å²) in [7, 11) is 0. The second-order valence-electron chi connectivity index (χ2n) is 8.76. The number of nitrogens with zero attached hydrogens (tertiary/aromatic N) is 1. The van der Waals surface area contributed by atoms with Crippen molar-refractivity contribution in [3.05, 3.63) is 17.8 Å². The molecule has 8 heteroatoms. The van der Waals surface area contributed by atoms with E-state index < -0.39 is 29.3 Å². The highest BCUT2D eigenvalue weighted by atomic mass is 16.4. The fraction of sp³-hybridized carbons (Fsp3) is 0.739. The molecule has 1 amide bonds. The molecule has 0 saturated heterocycles. The molecule has 1 heterocycles. The van der Waals surface area contributed by atoms with Gasteiger partial charge in [-0.25, -0.2) is 9.78 Å². The Morgan fingerprint density at radius 2 is 1.84 bits per heavy atom. The SMILES string of the molecule is CCCCCc1cnc(C[C@H](NC(=O)C2(C[C@@H](CCC)C(=O)O)CCCC2)C(=O)O)o1. The number of nitrogens with one attached hydrogen (secondary N) is 1.